The highest BCUT2D eigenvalue weighted by molar-refractivity contribution is 5.78. The number of nitrogens with one attached hydrogen (secondary N) is 1. The van der Waals surface area contributed by atoms with Gasteiger partial charge in [0, 0.05) is 19.7 Å². The fourth-order valence-electron chi connectivity index (χ4n) is 2.38. The van der Waals surface area contributed by atoms with Gasteiger partial charge in [0.1, 0.15) is 0 Å². The summed E-state index contributed by atoms with van der Waals surface area (Å²) in [4.78, 5) is 4.47. The van der Waals surface area contributed by atoms with Crippen LogP contribution < -0.4 is 11.1 Å². The molecule has 4 heteroatoms. The molecule has 0 aromatic carbocycles. The zero-order valence-electron chi connectivity index (χ0n) is 10.3. The minimum Gasteiger partial charge on any atom is -0.383 e. The zero-order chi connectivity index (χ0) is 11.6. The molecule has 2 rings (SSSR count). The molecule has 2 fully saturated rings. The summed E-state index contributed by atoms with van der Waals surface area (Å²) in [5, 5.41) is 3.14. The molecule has 0 heterocycles. The molecule has 16 heavy (non-hydrogen) atoms. The summed E-state index contributed by atoms with van der Waals surface area (Å²) in [6.07, 6.45) is 5.51. The average molecular weight is 225 g/mol. The summed E-state index contributed by atoms with van der Waals surface area (Å²) in [7, 11) is 1.69. The first-order chi connectivity index (χ1) is 7.66. The van der Waals surface area contributed by atoms with Crippen LogP contribution in [-0.2, 0) is 4.74 Å². The first-order valence-electron chi connectivity index (χ1n) is 6.22. The molecule has 0 bridgehead atoms. The van der Waals surface area contributed by atoms with Crippen molar-refractivity contribution in [2.75, 3.05) is 20.3 Å². The topological polar surface area (TPSA) is 59.6 Å². The lowest BCUT2D eigenvalue weighted by atomic mass is 10.0. The normalized spacial score (nSPS) is 25.2. The zero-order valence-corrected chi connectivity index (χ0v) is 10.3. The molecule has 1 unspecified atom stereocenters. The summed E-state index contributed by atoms with van der Waals surface area (Å²) < 4.78 is 5.04. The summed E-state index contributed by atoms with van der Waals surface area (Å²) >= 11 is 0. The number of hydrogen-bond acceptors (Lipinski definition) is 2. The Morgan fingerprint density at radius 1 is 1.56 bits per heavy atom. The van der Waals surface area contributed by atoms with Crippen molar-refractivity contribution in [1.82, 2.24) is 5.32 Å². The smallest absolute Gasteiger partial charge is 0.188 e. The first kappa shape index (κ1) is 11.7. The highest BCUT2D eigenvalue weighted by atomic mass is 16.5. The van der Waals surface area contributed by atoms with E-state index in [1.165, 1.54) is 25.7 Å². The van der Waals surface area contributed by atoms with Crippen molar-refractivity contribution in [1.29, 1.82) is 0 Å². The van der Waals surface area contributed by atoms with Crippen LogP contribution in [0, 0.1) is 11.3 Å². The number of nitrogens with two attached hydrogens (primary N) is 1. The highest BCUT2D eigenvalue weighted by Crippen LogP contribution is 2.61. The van der Waals surface area contributed by atoms with Gasteiger partial charge in [0.25, 0.3) is 0 Å². The van der Waals surface area contributed by atoms with E-state index in [2.05, 4.69) is 10.3 Å². The van der Waals surface area contributed by atoms with E-state index >= 15 is 0 Å². The third-order valence-corrected chi connectivity index (χ3v) is 3.71. The lowest BCUT2D eigenvalue weighted by molar-refractivity contribution is 0.179. The van der Waals surface area contributed by atoms with Gasteiger partial charge in [-0.15, -0.1) is 0 Å². The van der Waals surface area contributed by atoms with Gasteiger partial charge in [-0.05, 0) is 43.9 Å². The molecule has 4 nitrogen and oxygen atoms in total. The van der Waals surface area contributed by atoms with Crippen molar-refractivity contribution >= 4 is 5.96 Å². The van der Waals surface area contributed by atoms with Gasteiger partial charge >= 0.3 is 0 Å². The molecule has 0 aromatic heterocycles. The number of ether oxygens (including phenoxy) is 1. The Bertz CT molecular complexity index is 269. The summed E-state index contributed by atoms with van der Waals surface area (Å²) in [6.45, 7) is 3.61. The molecular weight excluding hydrogens is 202 g/mol. The number of methoxy groups -OCH3 is 1. The van der Waals surface area contributed by atoms with E-state index in [-0.39, 0.29) is 6.04 Å². The molecule has 0 amide bonds. The Kier molecular flexibility index (Phi) is 3.38. The molecule has 2 aliphatic rings. The lowest BCUT2D eigenvalue weighted by Gasteiger charge is -2.15. The molecular formula is C12H23N3O. The Hall–Kier alpha value is -0.770. The molecule has 92 valence electrons. The summed E-state index contributed by atoms with van der Waals surface area (Å²) in [6, 6.07) is 0.227. The predicted octanol–water partition coefficient (Wildman–Crippen LogP) is 1.12. The predicted molar refractivity (Wildman–Crippen MR) is 65.4 cm³/mol. The van der Waals surface area contributed by atoms with Crippen LogP contribution >= 0.6 is 0 Å². The first-order valence-corrected chi connectivity index (χ1v) is 6.22. The Balaban J connectivity index is 1.74. The maximum Gasteiger partial charge on any atom is 0.188 e. The third-order valence-electron chi connectivity index (χ3n) is 3.71. The molecule has 0 radical (unpaired) electrons. The van der Waals surface area contributed by atoms with Crippen molar-refractivity contribution in [2.45, 2.75) is 38.6 Å². The van der Waals surface area contributed by atoms with Crippen LogP contribution in [0.15, 0.2) is 4.99 Å². The third kappa shape index (κ3) is 2.88. The average Bonchev–Trinajstić information content (AvgIpc) is 3.08. The maximum atomic E-state index is 5.84. The van der Waals surface area contributed by atoms with E-state index in [1.807, 2.05) is 6.92 Å². The van der Waals surface area contributed by atoms with Gasteiger partial charge in [-0.3, -0.25) is 4.99 Å². The van der Waals surface area contributed by atoms with E-state index in [4.69, 9.17) is 10.5 Å². The minimum absolute atomic E-state index is 0.227. The number of hydrogen-bond donors (Lipinski definition) is 2. The summed E-state index contributed by atoms with van der Waals surface area (Å²) in [5.74, 6) is 1.51. The summed E-state index contributed by atoms with van der Waals surface area (Å²) in [5.41, 5.74) is 6.38. The lowest BCUT2D eigenvalue weighted by Crippen LogP contribution is -2.41. The van der Waals surface area contributed by atoms with E-state index in [1.54, 1.807) is 7.11 Å². The van der Waals surface area contributed by atoms with E-state index < -0.39 is 0 Å². The maximum absolute atomic E-state index is 5.84. The Labute approximate surface area is 97.6 Å². The van der Waals surface area contributed by atoms with Crippen LogP contribution in [0.25, 0.3) is 0 Å². The number of aliphatic imine (C=N–C) groups is 1. The molecule has 2 saturated carbocycles. The van der Waals surface area contributed by atoms with E-state index in [0.717, 1.165) is 12.5 Å². The SMILES string of the molecule is COCC(C)NC(N)=NCC1(C2CC2)CC1. The molecule has 0 saturated heterocycles. The second-order valence-electron chi connectivity index (χ2n) is 5.34. The molecule has 0 spiro atoms. The monoisotopic (exact) mass is 225 g/mol. The van der Waals surface area contributed by atoms with Crippen LogP contribution in [0.1, 0.15) is 32.6 Å². The van der Waals surface area contributed by atoms with Gasteiger partial charge in [-0.2, -0.15) is 0 Å². The molecule has 1 atom stereocenters. The van der Waals surface area contributed by atoms with Crippen molar-refractivity contribution in [2.24, 2.45) is 22.1 Å². The van der Waals surface area contributed by atoms with Gasteiger partial charge in [-0.25, -0.2) is 0 Å². The van der Waals surface area contributed by atoms with Crippen LogP contribution in [0.5, 0.6) is 0 Å². The van der Waals surface area contributed by atoms with Crippen molar-refractivity contribution in [3.63, 3.8) is 0 Å². The Morgan fingerprint density at radius 2 is 2.25 bits per heavy atom. The van der Waals surface area contributed by atoms with Gasteiger partial charge in [0.05, 0.1) is 6.61 Å². The largest absolute Gasteiger partial charge is 0.383 e. The standard InChI is InChI=1S/C12H23N3O/c1-9(7-16-2)15-11(13)14-8-12(5-6-12)10-3-4-10/h9-10H,3-8H2,1-2H3,(H3,13,14,15). The highest BCUT2D eigenvalue weighted by Gasteiger charge is 2.53. The fourth-order valence-corrected chi connectivity index (χ4v) is 2.38. The second kappa shape index (κ2) is 4.62. The van der Waals surface area contributed by atoms with Crippen LogP contribution in [0.4, 0.5) is 0 Å². The molecule has 2 aliphatic carbocycles. The fraction of sp³-hybridized carbons (Fsp3) is 0.917. The van der Waals surface area contributed by atoms with Gasteiger partial charge < -0.3 is 15.8 Å². The number of rotatable bonds is 6. The van der Waals surface area contributed by atoms with Crippen LogP contribution in [0.3, 0.4) is 0 Å². The van der Waals surface area contributed by atoms with Gasteiger partial charge in [0.15, 0.2) is 5.96 Å². The van der Waals surface area contributed by atoms with E-state index in [0.29, 0.717) is 18.0 Å². The molecule has 3 N–H and O–H groups in total. The van der Waals surface area contributed by atoms with Crippen molar-refractivity contribution in [3.05, 3.63) is 0 Å². The number of guanidine groups is 1. The van der Waals surface area contributed by atoms with Gasteiger partial charge in [0.2, 0.25) is 0 Å². The molecule has 0 aliphatic heterocycles. The van der Waals surface area contributed by atoms with Crippen LogP contribution in [-0.4, -0.2) is 32.3 Å². The van der Waals surface area contributed by atoms with E-state index in [9.17, 15) is 0 Å². The minimum atomic E-state index is 0.227. The van der Waals surface area contributed by atoms with Crippen molar-refractivity contribution in [3.8, 4) is 0 Å². The van der Waals surface area contributed by atoms with Crippen LogP contribution in [0.2, 0.25) is 0 Å². The van der Waals surface area contributed by atoms with Crippen molar-refractivity contribution < 1.29 is 4.74 Å². The number of nitrogens with zero attached hydrogens (tertiary/aromatic N) is 1. The second-order valence-corrected chi connectivity index (χ2v) is 5.34. The molecule has 0 aromatic rings. The van der Waals surface area contributed by atoms with Gasteiger partial charge in [-0.1, -0.05) is 0 Å². The Morgan fingerprint density at radius 3 is 2.75 bits per heavy atom. The quantitative estimate of drug-likeness (QED) is 0.526.